The third-order valence-electron chi connectivity index (χ3n) is 12.1. The zero-order valence-corrected chi connectivity index (χ0v) is 30.1. The van der Waals surface area contributed by atoms with E-state index in [2.05, 4.69) is 207 Å². The summed E-state index contributed by atoms with van der Waals surface area (Å²) in [5, 5.41) is 10.2. The molecule has 252 valence electrons. The lowest BCUT2D eigenvalue weighted by molar-refractivity contribution is 0.715. The third-order valence-corrected chi connectivity index (χ3v) is 12.1. The summed E-state index contributed by atoms with van der Waals surface area (Å²) in [6, 6.07) is 74.5. The third kappa shape index (κ3) is 4.57. The minimum atomic E-state index is -0.302. The van der Waals surface area contributed by atoms with Gasteiger partial charge in [-0.1, -0.05) is 170 Å². The van der Waals surface area contributed by atoms with E-state index in [9.17, 15) is 0 Å². The normalized spacial score (nSPS) is 14.8. The van der Waals surface area contributed by atoms with Crippen LogP contribution in [0.3, 0.4) is 0 Å². The second-order valence-corrected chi connectivity index (χ2v) is 15.0. The van der Waals surface area contributed by atoms with Crippen molar-refractivity contribution >= 4 is 43.1 Å². The maximum absolute atomic E-state index is 2.48. The van der Waals surface area contributed by atoms with Crippen LogP contribution < -0.4 is 0 Å². The van der Waals surface area contributed by atoms with Crippen molar-refractivity contribution < 1.29 is 0 Å². The summed E-state index contributed by atoms with van der Waals surface area (Å²) in [5.41, 5.74) is 13.8. The molecule has 0 fully saturated rings. The van der Waals surface area contributed by atoms with Crippen LogP contribution in [0.5, 0.6) is 0 Å². The van der Waals surface area contributed by atoms with Crippen LogP contribution in [-0.2, 0) is 5.41 Å². The van der Waals surface area contributed by atoms with Gasteiger partial charge in [0.15, 0.2) is 0 Å². The molecule has 0 nitrogen and oxygen atoms in total. The first kappa shape index (κ1) is 30.8. The average Bonchev–Trinajstić information content (AvgIpc) is 3.49. The predicted molar refractivity (Wildman–Crippen MR) is 230 cm³/mol. The van der Waals surface area contributed by atoms with Gasteiger partial charge in [-0.25, -0.2) is 0 Å². The Balaban J connectivity index is 1.16. The fourth-order valence-electron chi connectivity index (χ4n) is 9.40. The van der Waals surface area contributed by atoms with Crippen molar-refractivity contribution in [2.45, 2.75) is 12.3 Å². The minimum Gasteiger partial charge on any atom is -0.0622 e. The Bertz CT molecular complexity index is 3100. The Morgan fingerprint density at radius 2 is 0.907 bits per heavy atom. The molecule has 1 aliphatic carbocycles. The minimum absolute atomic E-state index is 0.302. The van der Waals surface area contributed by atoms with Crippen molar-refractivity contribution in [2.75, 3.05) is 0 Å². The lowest BCUT2D eigenvalue weighted by Gasteiger charge is -2.29. The molecule has 0 aromatic heterocycles. The van der Waals surface area contributed by atoms with E-state index < -0.39 is 0 Å². The van der Waals surface area contributed by atoms with Gasteiger partial charge in [-0.05, 0) is 142 Å². The van der Waals surface area contributed by atoms with Crippen molar-refractivity contribution in [3.63, 3.8) is 0 Å². The summed E-state index contributed by atoms with van der Waals surface area (Å²) >= 11 is 0. The number of hydrogen-bond acceptors (Lipinski definition) is 0. The van der Waals surface area contributed by atoms with Crippen LogP contribution in [0.2, 0.25) is 0 Å². The van der Waals surface area contributed by atoms with E-state index in [1.165, 1.54) is 104 Å². The van der Waals surface area contributed by atoms with Crippen molar-refractivity contribution in [1.29, 1.82) is 0 Å². The molecular weight excluding hydrogens is 649 g/mol. The first-order valence-corrected chi connectivity index (χ1v) is 18.9. The van der Waals surface area contributed by atoms with Crippen LogP contribution in [0.4, 0.5) is 0 Å². The summed E-state index contributed by atoms with van der Waals surface area (Å²) in [6.07, 6.45) is 0. The molecule has 0 aliphatic heterocycles. The van der Waals surface area contributed by atoms with Gasteiger partial charge in [0.05, 0.1) is 0 Å². The monoisotopic (exact) mass is 684 g/mol. The van der Waals surface area contributed by atoms with Gasteiger partial charge in [-0.2, -0.15) is 0 Å². The highest BCUT2D eigenvalue weighted by Gasteiger charge is 2.41. The Kier molecular flexibility index (Phi) is 6.78. The molecule has 0 bridgehead atoms. The predicted octanol–water partition coefficient (Wildman–Crippen LogP) is 14.6. The molecule has 0 heterocycles. The summed E-state index contributed by atoms with van der Waals surface area (Å²) < 4.78 is 0. The fourth-order valence-corrected chi connectivity index (χ4v) is 9.40. The van der Waals surface area contributed by atoms with Gasteiger partial charge in [-0.15, -0.1) is 0 Å². The molecule has 1 aliphatic rings. The zero-order chi connectivity index (χ0) is 35.8. The van der Waals surface area contributed by atoms with E-state index >= 15 is 0 Å². The van der Waals surface area contributed by atoms with Gasteiger partial charge in [-0.3, -0.25) is 0 Å². The molecule has 11 rings (SSSR count). The number of benzene rings is 10. The molecule has 0 N–H and O–H groups in total. The molecule has 54 heavy (non-hydrogen) atoms. The Morgan fingerprint density at radius 3 is 1.70 bits per heavy atom. The summed E-state index contributed by atoms with van der Waals surface area (Å²) in [6.45, 7) is 2.42. The van der Waals surface area contributed by atoms with Gasteiger partial charge in [0.1, 0.15) is 0 Å². The SMILES string of the molecule is CC1(c2ccccc2)c2cc(-c3ccc(-c4c5ccccc5cc5c4ccc4ccccc45)cc3-c3ccccc3)ccc2-c2cc3ccccc3cc21. The van der Waals surface area contributed by atoms with E-state index in [4.69, 9.17) is 0 Å². The molecule has 1 unspecified atom stereocenters. The summed E-state index contributed by atoms with van der Waals surface area (Å²) in [4.78, 5) is 0. The molecule has 0 amide bonds. The first-order chi connectivity index (χ1) is 26.6. The quantitative estimate of drug-likeness (QED) is 0.128. The highest BCUT2D eigenvalue weighted by atomic mass is 14.4. The summed E-state index contributed by atoms with van der Waals surface area (Å²) in [7, 11) is 0. The molecule has 0 radical (unpaired) electrons. The van der Waals surface area contributed by atoms with Crippen molar-refractivity contribution in [3.8, 4) is 44.5 Å². The largest absolute Gasteiger partial charge is 0.0622 e. The Hall–Kier alpha value is -6.76. The molecule has 0 heteroatoms. The number of fused-ring (bicyclic) bond motifs is 8. The maximum atomic E-state index is 2.48. The molecular formula is C54H36. The molecule has 1 atom stereocenters. The van der Waals surface area contributed by atoms with E-state index in [0.717, 1.165) is 0 Å². The molecule has 0 saturated carbocycles. The summed E-state index contributed by atoms with van der Waals surface area (Å²) in [5.74, 6) is 0. The van der Waals surface area contributed by atoms with Gasteiger partial charge in [0.25, 0.3) is 0 Å². The standard InChI is InChI=1S/C54H36/c1-54(42-20-6-3-7-21-42)51-34-40(25-28-46(51)50-30-37-17-8-9-18-38(37)33-52(50)54)44-27-26-41(32-48(44)35-14-4-2-5-15-35)53-45-23-13-11-19-39(45)31-49-43-22-12-10-16-36(43)24-29-47(49)53/h2-34H,1H3. The van der Waals surface area contributed by atoms with Crippen LogP contribution in [0.15, 0.2) is 200 Å². The van der Waals surface area contributed by atoms with Gasteiger partial charge in [0.2, 0.25) is 0 Å². The Labute approximate surface area is 315 Å². The van der Waals surface area contributed by atoms with Crippen LogP contribution >= 0.6 is 0 Å². The zero-order valence-electron chi connectivity index (χ0n) is 30.1. The fraction of sp³-hybridized carbons (Fsp3) is 0.0370. The first-order valence-electron chi connectivity index (χ1n) is 18.9. The van der Waals surface area contributed by atoms with E-state index in [-0.39, 0.29) is 5.41 Å². The topological polar surface area (TPSA) is 0 Å². The van der Waals surface area contributed by atoms with E-state index in [1.54, 1.807) is 0 Å². The lowest BCUT2D eigenvalue weighted by Crippen LogP contribution is -2.22. The van der Waals surface area contributed by atoms with Gasteiger partial charge < -0.3 is 0 Å². The van der Waals surface area contributed by atoms with E-state index in [1.807, 2.05) is 0 Å². The van der Waals surface area contributed by atoms with Gasteiger partial charge in [0, 0.05) is 5.41 Å². The molecule has 10 aromatic carbocycles. The highest BCUT2D eigenvalue weighted by molar-refractivity contribution is 6.20. The van der Waals surface area contributed by atoms with Crippen molar-refractivity contribution in [1.82, 2.24) is 0 Å². The highest BCUT2D eigenvalue weighted by Crippen LogP contribution is 2.54. The average molecular weight is 685 g/mol. The van der Waals surface area contributed by atoms with Gasteiger partial charge >= 0.3 is 0 Å². The second kappa shape index (κ2) is 11.9. The number of rotatable bonds is 4. The van der Waals surface area contributed by atoms with Crippen molar-refractivity contribution in [3.05, 3.63) is 217 Å². The number of hydrogen-bond donors (Lipinski definition) is 0. The molecule has 0 saturated heterocycles. The van der Waals surface area contributed by atoms with Crippen LogP contribution in [-0.4, -0.2) is 0 Å². The van der Waals surface area contributed by atoms with Crippen LogP contribution in [0, 0.1) is 0 Å². The van der Waals surface area contributed by atoms with Crippen LogP contribution in [0.25, 0.3) is 87.6 Å². The second-order valence-electron chi connectivity index (χ2n) is 15.0. The Morgan fingerprint density at radius 1 is 0.296 bits per heavy atom. The smallest absolute Gasteiger partial charge is 0.0435 e. The molecule has 0 spiro atoms. The maximum Gasteiger partial charge on any atom is 0.0435 e. The molecule has 10 aromatic rings. The van der Waals surface area contributed by atoms with E-state index in [0.29, 0.717) is 0 Å². The lowest BCUT2D eigenvalue weighted by atomic mass is 9.73. The van der Waals surface area contributed by atoms with Crippen LogP contribution in [0.1, 0.15) is 23.6 Å². The van der Waals surface area contributed by atoms with Crippen molar-refractivity contribution in [2.24, 2.45) is 0 Å².